The first-order chi connectivity index (χ1) is 6.19. The molecule has 0 aliphatic carbocycles. The van der Waals surface area contributed by atoms with Crippen molar-refractivity contribution in [3.8, 4) is 0 Å². The Labute approximate surface area is 89.7 Å². The lowest BCUT2D eigenvalue weighted by molar-refractivity contribution is 0.0600. The first kappa shape index (κ1) is 12.9. The standard InChI is InChI=1S/C10H13NO2.ClH/c1-7-3-4-8(6-11)5-9(7)10(12)13-2;/h3-5H,6,11H2,1-2H3;1H. The molecule has 2 N–H and O–H groups in total. The topological polar surface area (TPSA) is 52.3 Å². The fourth-order valence-corrected chi connectivity index (χ4v) is 1.13. The second-order valence-electron chi connectivity index (χ2n) is 2.84. The van der Waals surface area contributed by atoms with E-state index in [1.165, 1.54) is 7.11 Å². The minimum Gasteiger partial charge on any atom is -0.465 e. The van der Waals surface area contributed by atoms with Crippen LogP contribution in [0.1, 0.15) is 21.5 Å². The van der Waals surface area contributed by atoms with Crippen molar-refractivity contribution < 1.29 is 9.53 Å². The van der Waals surface area contributed by atoms with Crippen LogP contribution in [0.4, 0.5) is 0 Å². The third-order valence-corrected chi connectivity index (χ3v) is 1.94. The largest absolute Gasteiger partial charge is 0.465 e. The summed E-state index contributed by atoms with van der Waals surface area (Å²) in [6.07, 6.45) is 0. The van der Waals surface area contributed by atoms with Gasteiger partial charge < -0.3 is 10.5 Å². The Balaban J connectivity index is 0.00000169. The molecule has 0 fully saturated rings. The number of aryl methyl sites for hydroxylation is 1. The fourth-order valence-electron chi connectivity index (χ4n) is 1.13. The molecule has 0 aliphatic heterocycles. The highest BCUT2D eigenvalue weighted by molar-refractivity contribution is 5.91. The van der Waals surface area contributed by atoms with Crippen LogP contribution >= 0.6 is 12.4 Å². The van der Waals surface area contributed by atoms with Gasteiger partial charge in [0.1, 0.15) is 0 Å². The van der Waals surface area contributed by atoms with Gasteiger partial charge in [0.15, 0.2) is 0 Å². The van der Waals surface area contributed by atoms with E-state index in [4.69, 9.17) is 5.73 Å². The van der Waals surface area contributed by atoms with Crippen molar-refractivity contribution in [2.24, 2.45) is 5.73 Å². The number of rotatable bonds is 2. The summed E-state index contributed by atoms with van der Waals surface area (Å²) in [6.45, 7) is 2.30. The summed E-state index contributed by atoms with van der Waals surface area (Å²) < 4.78 is 4.64. The maximum Gasteiger partial charge on any atom is 0.338 e. The molecule has 0 amide bonds. The van der Waals surface area contributed by atoms with Gasteiger partial charge in [0, 0.05) is 6.54 Å². The predicted octanol–water partition coefficient (Wildman–Crippen LogP) is 1.66. The molecule has 0 unspecified atom stereocenters. The van der Waals surface area contributed by atoms with Gasteiger partial charge in [-0.1, -0.05) is 12.1 Å². The van der Waals surface area contributed by atoms with E-state index in [2.05, 4.69) is 4.74 Å². The summed E-state index contributed by atoms with van der Waals surface area (Å²) in [5.41, 5.74) is 7.89. The number of carbonyl (C=O) groups is 1. The van der Waals surface area contributed by atoms with E-state index >= 15 is 0 Å². The molecular formula is C10H14ClNO2. The van der Waals surface area contributed by atoms with Gasteiger partial charge >= 0.3 is 5.97 Å². The van der Waals surface area contributed by atoms with E-state index in [-0.39, 0.29) is 18.4 Å². The number of esters is 1. The summed E-state index contributed by atoms with van der Waals surface area (Å²) in [5.74, 6) is -0.312. The van der Waals surface area contributed by atoms with Crippen molar-refractivity contribution in [2.45, 2.75) is 13.5 Å². The Kier molecular flexibility index (Phi) is 5.20. The Bertz CT molecular complexity index is 326. The minimum absolute atomic E-state index is 0. The lowest BCUT2D eigenvalue weighted by Gasteiger charge is -2.05. The second-order valence-corrected chi connectivity index (χ2v) is 2.84. The molecule has 1 rings (SSSR count). The Morgan fingerprint density at radius 1 is 1.50 bits per heavy atom. The molecule has 0 heterocycles. The first-order valence-electron chi connectivity index (χ1n) is 4.07. The van der Waals surface area contributed by atoms with Crippen molar-refractivity contribution in [1.29, 1.82) is 0 Å². The van der Waals surface area contributed by atoms with Crippen LogP contribution < -0.4 is 5.73 Å². The zero-order valence-electron chi connectivity index (χ0n) is 8.24. The molecule has 0 radical (unpaired) electrons. The monoisotopic (exact) mass is 215 g/mol. The number of nitrogens with two attached hydrogens (primary N) is 1. The fraction of sp³-hybridized carbons (Fsp3) is 0.300. The van der Waals surface area contributed by atoms with Gasteiger partial charge in [-0.3, -0.25) is 0 Å². The van der Waals surface area contributed by atoms with E-state index in [1.54, 1.807) is 6.07 Å². The highest BCUT2D eigenvalue weighted by atomic mass is 35.5. The Morgan fingerprint density at radius 2 is 2.14 bits per heavy atom. The van der Waals surface area contributed by atoms with Crippen LogP contribution in [-0.2, 0) is 11.3 Å². The van der Waals surface area contributed by atoms with Gasteiger partial charge in [0.05, 0.1) is 12.7 Å². The van der Waals surface area contributed by atoms with E-state index < -0.39 is 0 Å². The maximum absolute atomic E-state index is 11.2. The summed E-state index contributed by atoms with van der Waals surface area (Å²) in [5, 5.41) is 0. The Hall–Kier alpha value is -1.06. The summed E-state index contributed by atoms with van der Waals surface area (Å²) >= 11 is 0. The molecular weight excluding hydrogens is 202 g/mol. The summed E-state index contributed by atoms with van der Waals surface area (Å²) in [4.78, 5) is 11.2. The number of methoxy groups -OCH3 is 1. The smallest absolute Gasteiger partial charge is 0.338 e. The zero-order valence-corrected chi connectivity index (χ0v) is 9.06. The van der Waals surface area contributed by atoms with Crippen molar-refractivity contribution in [3.05, 3.63) is 34.9 Å². The van der Waals surface area contributed by atoms with Gasteiger partial charge in [-0.25, -0.2) is 4.79 Å². The number of ether oxygens (including phenoxy) is 1. The van der Waals surface area contributed by atoms with Gasteiger partial charge in [-0.2, -0.15) is 0 Å². The highest BCUT2D eigenvalue weighted by Crippen LogP contribution is 2.11. The molecule has 0 saturated carbocycles. The minimum atomic E-state index is -0.312. The molecule has 0 atom stereocenters. The number of carbonyl (C=O) groups excluding carboxylic acids is 1. The van der Waals surface area contributed by atoms with Crippen molar-refractivity contribution in [2.75, 3.05) is 7.11 Å². The van der Waals surface area contributed by atoms with E-state index in [0.29, 0.717) is 12.1 Å². The number of halogens is 1. The lowest BCUT2D eigenvalue weighted by Crippen LogP contribution is -2.06. The summed E-state index contributed by atoms with van der Waals surface area (Å²) in [6, 6.07) is 5.54. The van der Waals surface area contributed by atoms with Crippen LogP contribution in [0.15, 0.2) is 18.2 Å². The van der Waals surface area contributed by atoms with Crippen LogP contribution in [0.2, 0.25) is 0 Å². The number of hydrogen-bond acceptors (Lipinski definition) is 3. The highest BCUT2D eigenvalue weighted by Gasteiger charge is 2.08. The van der Waals surface area contributed by atoms with Crippen molar-refractivity contribution in [3.63, 3.8) is 0 Å². The molecule has 14 heavy (non-hydrogen) atoms. The van der Waals surface area contributed by atoms with Gasteiger partial charge in [-0.05, 0) is 24.1 Å². The number of hydrogen-bond donors (Lipinski definition) is 1. The summed E-state index contributed by atoms with van der Waals surface area (Å²) in [7, 11) is 1.37. The van der Waals surface area contributed by atoms with Crippen LogP contribution in [0.25, 0.3) is 0 Å². The predicted molar refractivity (Wildman–Crippen MR) is 57.7 cm³/mol. The third-order valence-electron chi connectivity index (χ3n) is 1.94. The normalized spacial score (nSPS) is 9.07. The lowest BCUT2D eigenvalue weighted by atomic mass is 10.1. The molecule has 0 aliphatic rings. The molecule has 1 aromatic rings. The first-order valence-corrected chi connectivity index (χ1v) is 4.07. The molecule has 0 bridgehead atoms. The molecule has 0 saturated heterocycles. The SMILES string of the molecule is COC(=O)c1cc(CN)ccc1C.Cl. The van der Waals surface area contributed by atoms with E-state index in [9.17, 15) is 4.79 Å². The van der Waals surface area contributed by atoms with Crippen LogP contribution in [0.5, 0.6) is 0 Å². The van der Waals surface area contributed by atoms with Crippen molar-refractivity contribution in [1.82, 2.24) is 0 Å². The molecule has 3 nitrogen and oxygen atoms in total. The van der Waals surface area contributed by atoms with E-state index in [0.717, 1.165) is 11.1 Å². The van der Waals surface area contributed by atoms with Crippen LogP contribution in [-0.4, -0.2) is 13.1 Å². The molecule has 0 spiro atoms. The van der Waals surface area contributed by atoms with Crippen LogP contribution in [0, 0.1) is 6.92 Å². The van der Waals surface area contributed by atoms with E-state index in [1.807, 2.05) is 19.1 Å². The molecule has 0 aromatic heterocycles. The van der Waals surface area contributed by atoms with Gasteiger partial charge in [0.2, 0.25) is 0 Å². The third kappa shape index (κ3) is 2.72. The van der Waals surface area contributed by atoms with Gasteiger partial charge in [0.25, 0.3) is 0 Å². The van der Waals surface area contributed by atoms with Crippen LogP contribution in [0.3, 0.4) is 0 Å². The van der Waals surface area contributed by atoms with Gasteiger partial charge in [-0.15, -0.1) is 12.4 Å². The second kappa shape index (κ2) is 5.62. The average Bonchev–Trinajstić information content (AvgIpc) is 2.17. The molecule has 1 aromatic carbocycles. The zero-order chi connectivity index (χ0) is 9.84. The quantitative estimate of drug-likeness (QED) is 0.764. The van der Waals surface area contributed by atoms with Crippen molar-refractivity contribution >= 4 is 18.4 Å². The molecule has 4 heteroatoms. The molecule has 78 valence electrons. The maximum atomic E-state index is 11.2. The average molecular weight is 216 g/mol. The Morgan fingerprint density at radius 3 is 2.64 bits per heavy atom. The number of benzene rings is 1.